The zero-order chi connectivity index (χ0) is 26.0. The smallest absolute Gasteiger partial charge is 0.323 e. The molecule has 1 aromatic heterocycles. The third-order valence-corrected chi connectivity index (χ3v) is 7.12. The first-order chi connectivity index (χ1) is 18.0. The Morgan fingerprint density at radius 2 is 1.62 bits per heavy atom. The lowest BCUT2D eigenvalue weighted by molar-refractivity contribution is -0.121. The van der Waals surface area contributed by atoms with E-state index in [4.69, 9.17) is 5.73 Å². The number of halogens is 2. The number of likely N-dealkylation sites (tertiary alicyclic amines) is 1. The molecule has 1 aliphatic heterocycles. The van der Waals surface area contributed by atoms with Crippen LogP contribution in [0, 0.1) is 5.92 Å². The van der Waals surface area contributed by atoms with Gasteiger partial charge >= 0.3 is 6.03 Å². The number of nitrogens with one attached hydrogen (secondary N) is 3. The number of amides is 4. The number of anilines is 1. The minimum Gasteiger partial charge on any atom is -0.356 e. The number of carbonyl (C=O) groups excluding carboxylic acids is 3. The maximum atomic E-state index is 13.0. The molecule has 10 nitrogen and oxygen atoms in total. The van der Waals surface area contributed by atoms with E-state index in [0.717, 1.165) is 44.9 Å². The zero-order valence-electron chi connectivity index (χ0n) is 22.1. The number of nitrogens with two attached hydrogens (primary N) is 1. The van der Waals surface area contributed by atoms with Crippen molar-refractivity contribution >= 4 is 48.5 Å². The molecular formula is C27H39Cl2N7O3. The van der Waals surface area contributed by atoms with Gasteiger partial charge in [0.15, 0.2) is 11.5 Å². The monoisotopic (exact) mass is 579 g/mol. The Hall–Kier alpha value is -2.95. The van der Waals surface area contributed by atoms with Crippen LogP contribution in [0.25, 0.3) is 0 Å². The van der Waals surface area contributed by atoms with E-state index in [1.807, 2.05) is 12.1 Å². The quantitative estimate of drug-likeness (QED) is 0.318. The number of fused-ring (bicyclic) bond motifs is 1. The van der Waals surface area contributed by atoms with E-state index in [9.17, 15) is 14.4 Å². The van der Waals surface area contributed by atoms with Gasteiger partial charge in [0.25, 0.3) is 5.91 Å². The molecule has 0 spiro atoms. The second-order valence-corrected chi connectivity index (χ2v) is 9.86. The lowest BCUT2D eigenvalue weighted by atomic mass is 9.97. The summed E-state index contributed by atoms with van der Waals surface area (Å²) in [5, 5.41) is 8.83. The lowest BCUT2D eigenvalue weighted by Crippen LogP contribution is -2.44. The van der Waals surface area contributed by atoms with Gasteiger partial charge in [-0.2, -0.15) is 0 Å². The first-order valence-corrected chi connectivity index (χ1v) is 13.2. The molecule has 0 saturated carbocycles. The molecule has 2 aromatic rings. The summed E-state index contributed by atoms with van der Waals surface area (Å²) in [6.07, 6.45) is 9.37. The first-order valence-electron chi connectivity index (χ1n) is 13.2. The average Bonchev–Trinajstić information content (AvgIpc) is 3.33. The third kappa shape index (κ3) is 9.33. The largest absolute Gasteiger partial charge is 0.356 e. The van der Waals surface area contributed by atoms with Gasteiger partial charge < -0.3 is 21.3 Å². The molecule has 0 radical (unpaired) electrons. The Kier molecular flexibility index (Phi) is 13.4. The van der Waals surface area contributed by atoms with Crippen LogP contribution in [0.1, 0.15) is 60.1 Å². The van der Waals surface area contributed by atoms with Crippen LogP contribution in [0.3, 0.4) is 0 Å². The molecule has 4 rings (SSSR count). The van der Waals surface area contributed by atoms with Crippen molar-refractivity contribution in [1.29, 1.82) is 0 Å². The molecule has 2 heterocycles. The maximum absolute atomic E-state index is 13.0. The van der Waals surface area contributed by atoms with Crippen molar-refractivity contribution in [3.05, 3.63) is 53.5 Å². The summed E-state index contributed by atoms with van der Waals surface area (Å²) < 4.78 is 0. The van der Waals surface area contributed by atoms with Crippen LogP contribution in [0.2, 0.25) is 0 Å². The fourth-order valence-corrected chi connectivity index (χ4v) is 4.98. The second-order valence-electron chi connectivity index (χ2n) is 9.86. The van der Waals surface area contributed by atoms with Gasteiger partial charge in [-0.25, -0.2) is 14.8 Å². The summed E-state index contributed by atoms with van der Waals surface area (Å²) in [6.45, 7) is 2.44. The highest BCUT2D eigenvalue weighted by Gasteiger charge is 2.27. The third-order valence-electron chi connectivity index (χ3n) is 7.12. The number of carbonyl (C=O) groups is 3. The predicted octanol–water partition coefficient (Wildman–Crippen LogP) is 3.10. The summed E-state index contributed by atoms with van der Waals surface area (Å²) in [7, 11) is 0. The van der Waals surface area contributed by atoms with Crippen LogP contribution in [0.15, 0.2) is 36.7 Å². The van der Waals surface area contributed by atoms with Gasteiger partial charge in [0, 0.05) is 44.5 Å². The minimum atomic E-state index is -0.348. The maximum Gasteiger partial charge on any atom is 0.323 e. The Morgan fingerprint density at radius 3 is 2.28 bits per heavy atom. The van der Waals surface area contributed by atoms with Crippen LogP contribution >= 0.6 is 24.8 Å². The Balaban J connectivity index is 0.00000267. The van der Waals surface area contributed by atoms with Gasteiger partial charge in [-0.1, -0.05) is 30.7 Å². The standard InChI is InChI=1S/C27H37N7O3.2ClH/c28-11-5-1-2-8-23(35)31-18-19-9-14-34(15-10-19)27(37)33-25-24(29-12-13-30-25)26(36)32-22-16-20-6-3-4-7-21(20)17-22;;/h3-4,6-7,12-13,19,22H,1-2,5,8-11,14-18,28H2,(H,31,35)(H,32,36)(H,30,33,37);2*1H. The first kappa shape index (κ1) is 32.3. The van der Waals surface area contributed by atoms with Crippen LogP contribution in [-0.2, 0) is 17.6 Å². The molecule has 1 fully saturated rings. The average molecular weight is 581 g/mol. The molecule has 0 unspecified atom stereocenters. The van der Waals surface area contributed by atoms with Crippen molar-refractivity contribution < 1.29 is 14.4 Å². The van der Waals surface area contributed by atoms with Crippen molar-refractivity contribution in [1.82, 2.24) is 25.5 Å². The number of piperidine rings is 1. The van der Waals surface area contributed by atoms with Crippen molar-refractivity contribution in [2.75, 3.05) is 31.5 Å². The molecule has 39 heavy (non-hydrogen) atoms. The van der Waals surface area contributed by atoms with E-state index in [-0.39, 0.29) is 60.2 Å². The van der Waals surface area contributed by atoms with Crippen molar-refractivity contribution in [2.24, 2.45) is 11.7 Å². The van der Waals surface area contributed by atoms with E-state index < -0.39 is 0 Å². The van der Waals surface area contributed by atoms with Crippen LogP contribution in [-0.4, -0.2) is 64.9 Å². The number of rotatable bonds is 10. The number of unbranched alkanes of at least 4 members (excludes halogenated alkanes) is 2. The molecule has 12 heteroatoms. The summed E-state index contributed by atoms with van der Waals surface area (Å²) in [5.74, 6) is 0.223. The van der Waals surface area contributed by atoms with Gasteiger partial charge in [0.05, 0.1) is 0 Å². The minimum absolute atomic E-state index is 0. The summed E-state index contributed by atoms with van der Waals surface area (Å²) >= 11 is 0. The van der Waals surface area contributed by atoms with Crippen LogP contribution in [0.5, 0.6) is 0 Å². The van der Waals surface area contributed by atoms with E-state index >= 15 is 0 Å². The zero-order valence-corrected chi connectivity index (χ0v) is 23.7. The highest BCUT2D eigenvalue weighted by molar-refractivity contribution is 6.00. The van der Waals surface area contributed by atoms with Gasteiger partial charge in [-0.05, 0) is 62.1 Å². The Bertz CT molecular complexity index is 1070. The van der Waals surface area contributed by atoms with Crippen LogP contribution in [0.4, 0.5) is 10.6 Å². The molecule has 0 bridgehead atoms. The van der Waals surface area contributed by atoms with Crippen molar-refractivity contribution in [3.8, 4) is 0 Å². The summed E-state index contributed by atoms with van der Waals surface area (Å²) in [4.78, 5) is 48.0. The number of urea groups is 1. The molecule has 1 aromatic carbocycles. The fourth-order valence-electron chi connectivity index (χ4n) is 4.98. The van der Waals surface area contributed by atoms with E-state index in [1.54, 1.807) is 4.90 Å². The SMILES string of the molecule is Cl.Cl.NCCCCCC(=O)NCC1CCN(C(=O)Nc2nccnc2C(=O)NC2Cc3ccccc3C2)CC1. The van der Waals surface area contributed by atoms with Gasteiger partial charge in [-0.3, -0.25) is 14.9 Å². The molecule has 2 aliphatic rings. The van der Waals surface area contributed by atoms with Gasteiger partial charge in [-0.15, -0.1) is 24.8 Å². The molecule has 5 N–H and O–H groups in total. The van der Waals surface area contributed by atoms with Crippen LogP contribution < -0.4 is 21.7 Å². The molecule has 1 saturated heterocycles. The molecular weight excluding hydrogens is 541 g/mol. The number of hydrogen-bond donors (Lipinski definition) is 4. The number of benzene rings is 1. The highest BCUT2D eigenvalue weighted by Crippen LogP contribution is 2.22. The normalized spacial score (nSPS) is 14.9. The fraction of sp³-hybridized carbons (Fsp3) is 0.519. The number of nitrogens with zero attached hydrogens (tertiary/aromatic N) is 3. The summed E-state index contributed by atoms with van der Waals surface area (Å²) in [6, 6.07) is 7.86. The second kappa shape index (κ2) is 16.2. The van der Waals surface area contributed by atoms with Gasteiger partial charge in [0.1, 0.15) is 0 Å². The van der Waals surface area contributed by atoms with Crippen molar-refractivity contribution in [2.45, 2.75) is 57.4 Å². The molecule has 1 aliphatic carbocycles. The highest BCUT2D eigenvalue weighted by atomic mass is 35.5. The number of aromatic nitrogens is 2. The topological polar surface area (TPSA) is 142 Å². The molecule has 4 amide bonds. The molecule has 214 valence electrons. The summed E-state index contributed by atoms with van der Waals surface area (Å²) in [5.41, 5.74) is 8.07. The Morgan fingerprint density at radius 1 is 0.949 bits per heavy atom. The molecule has 0 atom stereocenters. The van der Waals surface area contributed by atoms with Gasteiger partial charge in [0.2, 0.25) is 5.91 Å². The van der Waals surface area contributed by atoms with E-state index in [1.165, 1.54) is 23.5 Å². The van der Waals surface area contributed by atoms with E-state index in [2.05, 4.69) is 38.1 Å². The number of hydrogen-bond acceptors (Lipinski definition) is 6. The lowest BCUT2D eigenvalue weighted by Gasteiger charge is -2.32. The Labute approximate surface area is 242 Å². The predicted molar refractivity (Wildman–Crippen MR) is 155 cm³/mol. The van der Waals surface area contributed by atoms with Crippen molar-refractivity contribution in [3.63, 3.8) is 0 Å². The van der Waals surface area contributed by atoms with E-state index in [0.29, 0.717) is 38.5 Å².